The quantitative estimate of drug-likeness (QED) is 0.786. The second-order valence-electron chi connectivity index (χ2n) is 8.02. The smallest absolute Gasteiger partial charge is 0.127 e. The summed E-state index contributed by atoms with van der Waals surface area (Å²) in [6, 6.07) is 3.92. The molecule has 3 atom stereocenters. The van der Waals surface area contributed by atoms with E-state index in [0.717, 1.165) is 42.6 Å². The molecule has 3 nitrogen and oxygen atoms in total. The van der Waals surface area contributed by atoms with E-state index < -0.39 is 0 Å². The fourth-order valence-electron chi connectivity index (χ4n) is 4.26. The molecule has 0 radical (unpaired) electrons. The molecule has 3 rings (SSSR count). The van der Waals surface area contributed by atoms with Gasteiger partial charge in [-0.25, -0.2) is 0 Å². The summed E-state index contributed by atoms with van der Waals surface area (Å²) in [6.45, 7) is 8.48. The summed E-state index contributed by atoms with van der Waals surface area (Å²) >= 11 is 0. The van der Waals surface area contributed by atoms with Crippen molar-refractivity contribution >= 4 is 0 Å². The number of aliphatic hydroxyl groups is 1. The van der Waals surface area contributed by atoms with E-state index in [9.17, 15) is 10.2 Å². The first-order valence-corrected chi connectivity index (χ1v) is 9.22. The number of hydrogen-bond donors (Lipinski definition) is 2. The Hall–Kier alpha value is -1.48. The molecule has 0 saturated heterocycles. The molecule has 2 N–H and O–H groups in total. The number of allylic oxidation sites excluding steroid dienone is 2. The van der Waals surface area contributed by atoms with E-state index in [2.05, 4.69) is 32.9 Å². The monoisotopic (exact) mass is 330 g/mol. The van der Waals surface area contributed by atoms with Gasteiger partial charge >= 0.3 is 0 Å². The van der Waals surface area contributed by atoms with Gasteiger partial charge in [-0.3, -0.25) is 0 Å². The molecule has 132 valence electrons. The molecular formula is C21H30O3. The molecule has 0 saturated carbocycles. The van der Waals surface area contributed by atoms with Gasteiger partial charge in [0, 0.05) is 17.4 Å². The molecule has 3 heteroatoms. The average Bonchev–Trinajstić information content (AvgIpc) is 2.51. The molecule has 24 heavy (non-hydrogen) atoms. The average molecular weight is 330 g/mol. The lowest BCUT2D eigenvalue weighted by molar-refractivity contribution is 0.0107. The van der Waals surface area contributed by atoms with Gasteiger partial charge in [-0.2, -0.15) is 0 Å². The maximum Gasteiger partial charge on any atom is 0.127 e. The number of hydrogen-bond acceptors (Lipinski definition) is 3. The van der Waals surface area contributed by atoms with Gasteiger partial charge in [0.05, 0.1) is 6.10 Å². The van der Waals surface area contributed by atoms with Gasteiger partial charge in [-0.15, -0.1) is 0 Å². The van der Waals surface area contributed by atoms with Crippen molar-refractivity contribution in [1.29, 1.82) is 0 Å². The topological polar surface area (TPSA) is 49.7 Å². The van der Waals surface area contributed by atoms with Crippen LogP contribution in [0.1, 0.15) is 70.4 Å². The maximum absolute atomic E-state index is 10.7. The van der Waals surface area contributed by atoms with Crippen LogP contribution < -0.4 is 4.74 Å². The lowest BCUT2D eigenvalue weighted by Gasteiger charge is -2.46. The third-order valence-electron chi connectivity index (χ3n) is 5.76. The Morgan fingerprint density at radius 1 is 1.33 bits per heavy atom. The molecule has 0 amide bonds. The molecule has 1 aromatic rings. The zero-order valence-corrected chi connectivity index (χ0v) is 15.3. The highest BCUT2D eigenvalue weighted by Crippen LogP contribution is 2.53. The molecule has 1 unspecified atom stereocenters. The third kappa shape index (κ3) is 3.19. The summed E-state index contributed by atoms with van der Waals surface area (Å²) < 4.78 is 6.33. The maximum atomic E-state index is 10.7. The Kier molecular flexibility index (Phi) is 4.65. The minimum Gasteiger partial charge on any atom is -0.507 e. The van der Waals surface area contributed by atoms with Crippen molar-refractivity contribution < 1.29 is 14.9 Å². The lowest BCUT2D eigenvalue weighted by atomic mass is 9.68. The van der Waals surface area contributed by atoms with Crippen LogP contribution in [-0.2, 0) is 6.42 Å². The van der Waals surface area contributed by atoms with Crippen LogP contribution in [0.3, 0.4) is 0 Å². The van der Waals surface area contributed by atoms with Crippen LogP contribution in [0.15, 0.2) is 23.8 Å². The van der Waals surface area contributed by atoms with Crippen LogP contribution in [-0.4, -0.2) is 21.9 Å². The minimum atomic E-state index is -0.283. The van der Waals surface area contributed by atoms with Crippen LogP contribution in [0.5, 0.6) is 11.5 Å². The van der Waals surface area contributed by atoms with Gasteiger partial charge in [0.15, 0.2) is 0 Å². The first-order valence-electron chi connectivity index (χ1n) is 9.22. The van der Waals surface area contributed by atoms with E-state index >= 15 is 0 Å². The molecule has 1 aliphatic heterocycles. The summed E-state index contributed by atoms with van der Waals surface area (Å²) in [5, 5.41) is 20.5. The molecule has 0 bridgehead atoms. The molecule has 2 aliphatic rings. The van der Waals surface area contributed by atoms with Crippen molar-refractivity contribution in [2.45, 2.75) is 77.4 Å². The van der Waals surface area contributed by atoms with Crippen molar-refractivity contribution in [1.82, 2.24) is 0 Å². The molecule has 1 aromatic carbocycles. The number of aryl methyl sites for hydroxylation is 1. The Morgan fingerprint density at radius 2 is 2.08 bits per heavy atom. The van der Waals surface area contributed by atoms with Gasteiger partial charge in [0.2, 0.25) is 0 Å². The largest absolute Gasteiger partial charge is 0.507 e. The number of rotatable bonds is 4. The molecule has 1 aliphatic carbocycles. The molecule has 0 spiro atoms. The zero-order valence-electron chi connectivity index (χ0n) is 15.3. The second-order valence-corrected chi connectivity index (χ2v) is 8.02. The van der Waals surface area contributed by atoms with Gasteiger partial charge in [-0.05, 0) is 70.6 Å². The van der Waals surface area contributed by atoms with Crippen LogP contribution in [0, 0.1) is 5.92 Å². The molecule has 1 heterocycles. The molecule has 0 fully saturated rings. The number of fused-ring (bicyclic) bond motifs is 3. The number of phenols is 1. The summed E-state index contributed by atoms with van der Waals surface area (Å²) in [6.07, 6.45) is 6.46. The summed E-state index contributed by atoms with van der Waals surface area (Å²) in [7, 11) is 0. The number of aliphatic hydroxyl groups excluding tert-OH is 1. The normalized spacial score (nSPS) is 26.0. The van der Waals surface area contributed by atoms with E-state index in [1.807, 2.05) is 13.0 Å². The highest BCUT2D eigenvalue weighted by molar-refractivity contribution is 5.54. The second kappa shape index (κ2) is 6.44. The third-order valence-corrected chi connectivity index (χ3v) is 5.76. The van der Waals surface area contributed by atoms with E-state index in [4.69, 9.17) is 4.74 Å². The Morgan fingerprint density at radius 3 is 2.79 bits per heavy atom. The number of aromatic hydroxyl groups is 1. The van der Waals surface area contributed by atoms with Crippen LogP contribution >= 0.6 is 0 Å². The number of ether oxygens (including phenoxy) is 1. The fourth-order valence-corrected chi connectivity index (χ4v) is 4.26. The summed E-state index contributed by atoms with van der Waals surface area (Å²) in [5.41, 5.74) is 3.14. The van der Waals surface area contributed by atoms with Crippen molar-refractivity contribution in [3.05, 3.63) is 34.9 Å². The predicted octanol–water partition coefficient (Wildman–Crippen LogP) is 4.71. The van der Waals surface area contributed by atoms with E-state index in [1.165, 1.54) is 5.57 Å². The van der Waals surface area contributed by atoms with Crippen molar-refractivity contribution in [3.63, 3.8) is 0 Å². The fraction of sp³-hybridized carbons (Fsp3) is 0.619. The highest BCUT2D eigenvalue weighted by Gasteiger charge is 2.45. The van der Waals surface area contributed by atoms with Crippen molar-refractivity contribution in [2.24, 2.45) is 5.92 Å². The highest BCUT2D eigenvalue weighted by atomic mass is 16.5. The van der Waals surface area contributed by atoms with Gasteiger partial charge in [0.1, 0.15) is 17.1 Å². The van der Waals surface area contributed by atoms with E-state index in [-0.39, 0.29) is 17.6 Å². The standard InChI is InChI=1S/C21H30O3/c1-5-15(22)8-7-14-11-18(23)20-16-10-13(2)6-9-17(16)21(3,4)24-19(20)12-14/h10-12,15-17,22-23H,5-9H2,1-4H3/t15?,16-,17-/m1/s1. The Bertz CT molecular complexity index is 645. The first kappa shape index (κ1) is 17.3. The van der Waals surface area contributed by atoms with E-state index in [1.54, 1.807) is 0 Å². The zero-order chi connectivity index (χ0) is 17.5. The van der Waals surface area contributed by atoms with Gasteiger partial charge < -0.3 is 14.9 Å². The minimum absolute atomic E-state index is 0.229. The molecule has 0 aromatic heterocycles. The van der Waals surface area contributed by atoms with Gasteiger partial charge in [0.25, 0.3) is 0 Å². The molecular weight excluding hydrogens is 300 g/mol. The SMILES string of the molecule is CCC(O)CCc1cc(O)c2c(c1)OC(C)(C)[C@@H]1CCC(C)=C[C@@H]21. The van der Waals surface area contributed by atoms with E-state index in [0.29, 0.717) is 18.1 Å². The van der Waals surface area contributed by atoms with Gasteiger partial charge in [-0.1, -0.05) is 18.6 Å². The predicted molar refractivity (Wildman–Crippen MR) is 96.7 cm³/mol. The van der Waals surface area contributed by atoms with Crippen LogP contribution in [0.4, 0.5) is 0 Å². The van der Waals surface area contributed by atoms with Crippen LogP contribution in [0.25, 0.3) is 0 Å². The summed E-state index contributed by atoms with van der Waals surface area (Å²) in [5.74, 6) is 1.78. The number of phenolic OH excluding ortho intramolecular Hbond substituents is 1. The number of benzene rings is 1. The Balaban J connectivity index is 1.97. The lowest BCUT2D eigenvalue weighted by Crippen LogP contribution is -2.45. The first-order chi connectivity index (χ1) is 11.3. The summed E-state index contributed by atoms with van der Waals surface area (Å²) in [4.78, 5) is 0. The Labute approximate surface area is 145 Å². The van der Waals surface area contributed by atoms with Crippen molar-refractivity contribution in [3.8, 4) is 11.5 Å². The van der Waals surface area contributed by atoms with Crippen molar-refractivity contribution in [2.75, 3.05) is 0 Å². The van der Waals surface area contributed by atoms with Crippen LogP contribution in [0.2, 0.25) is 0 Å².